The van der Waals surface area contributed by atoms with Gasteiger partial charge in [-0.1, -0.05) is 37.6 Å². The normalized spacial score (nSPS) is 11.3. The molecule has 3 aromatic rings. The van der Waals surface area contributed by atoms with Gasteiger partial charge in [0.05, 0.1) is 11.4 Å². The van der Waals surface area contributed by atoms with Crippen LogP contribution in [0.25, 0.3) is 16.8 Å². The number of nitrogens with zero attached hydrogens (tertiary/aromatic N) is 2. The molecule has 1 aromatic heterocycles. The number of halogens is 1. The van der Waals surface area contributed by atoms with Crippen LogP contribution in [-0.2, 0) is 0 Å². The summed E-state index contributed by atoms with van der Waals surface area (Å²) < 4.78 is 2.02. The Kier molecular flexibility index (Phi) is 5.52. The van der Waals surface area contributed by atoms with E-state index in [1.165, 1.54) is 22.4 Å². The average molecular weight is 367 g/mol. The van der Waals surface area contributed by atoms with Crippen LogP contribution in [0, 0.1) is 20.8 Å². The molecular formula is C23H27ClN2. The third kappa shape index (κ3) is 3.57. The van der Waals surface area contributed by atoms with Crippen molar-refractivity contribution in [3.8, 4) is 16.8 Å². The van der Waals surface area contributed by atoms with Gasteiger partial charge in [-0.2, -0.15) is 5.10 Å². The fourth-order valence-corrected chi connectivity index (χ4v) is 3.77. The van der Waals surface area contributed by atoms with Crippen molar-refractivity contribution in [3.63, 3.8) is 0 Å². The van der Waals surface area contributed by atoms with E-state index in [0.717, 1.165) is 34.7 Å². The second kappa shape index (κ2) is 7.67. The summed E-state index contributed by atoms with van der Waals surface area (Å²) in [7, 11) is 0. The van der Waals surface area contributed by atoms with Crippen LogP contribution in [0.3, 0.4) is 0 Å². The molecule has 0 saturated heterocycles. The molecule has 0 aliphatic heterocycles. The molecule has 0 unspecified atom stereocenters. The van der Waals surface area contributed by atoms with Crippen molar-refractivity contribution in [3.05, 3.63) is 70.0 Å². The van der Waals surface area contributed by atoms with Gasteiger partial charge in [0.15, 0.2) is 0 Å². The maximum absolute atomic E-state index is 6.36. The number of aromatic nitrogens is 2. The Morgan fingerprint density at radius 1 is 0.923 bits per heavy atom. The van der Waals surface area contributed by atoms with Gasteiger partial charge in [0.25, 0.3) is 0 Å². The van der Waals surface area contributed by atoms with Crippen molar-refractivity contribution in [1.82, 2.24) is 9.78 Å². The van der Waals surface area contributed by atoms with Crippen LogP contribution in [0.4, 0.5) is 0 Å². The Morgan fingerprint density at radius 2 is 1.58 bits per heavy atom. The van der Waals surface area contributed by atoms with Crippen LogP contribution in [0.5, 0.6) is 0 Å². The summed E-state index contributed by atoms with van der Waals surface area (Å²) in [5.41, 5.74) is 8.20. The zero-order chi connectivity index (χ0) is 18.8. The number of aryl methyl sites for hydroxylation is 3. The van der Waals surface area contributed by atoms with Gasteiger partial charge < -0.3 is 0 Å². The molecule has 3 rings (SSSR count). The lowest BCUT2D eigenvalue weighted by molar-refractivity contribution is 0.634. The first-order chi connectivity index (χ1) is 12.4. The van der Waals surface area contributed by atoms with Crippen molar-refractivity contribution < 1.29 is 0 Å². The summed E-state index contributed by atoms with van der Waals surface area (Å²) in [6.07, 6.45) is 4.31. The van der Waals surface area contributed by atoms with Crippen molar-refractivity contribution in [1.29, 1.82) is 0 Å². The molecule has 0 spiro atoms. The number of hydrogen-bond donors (Lipinski definition) is 0. The highest BCUT2D eigenvalue weighted by molar-refractivity contribution is 6.32. The first kappa shape index (κ1) is 18.7. The Hall–Kier alpha value is -2.06. The smallest absolute Gasteiger partial charge is 0.0686 e. The quantitative estimate of drug-likeness (QED) is 0.474. The van der Waals surface area contributed by atoms with Crippen molar-refractivity contribution >= 4 is 11.6 Å². The SMILES string of the molecule is CCC(CC)c1ccc(-c2cc(C)c(Cl)c(C)c2)cc1-n1ccc(C)n1. The Balaban J connectivity index is 2.18. The van der Waals surface area contributed by atoms with Crippen LogP contribution < -0.4 is 0 Å². The molecule has 3 heteroatoms. The highest BCUT2D eigenvalue weighted by atomic mass is 35.5. The van der Waals surface area contributed by atoms with Gasteiger partial charge in [0.1, 0.15) is 0 Å². The molecule has 0 amide bonds. The van der Waals surface area contributed by atoms with Crippen LogP contribution in [0.1, 0.15) is 55.0 Å². The van der Waals surface area contributed by atoms with E-state index >= 15 is 0 Å². The standard InChI is InChI=1S/C23H27ClN2/c1-6-18(7-2)21-9-8-19(14-22(21)26-11-10-17(5)25-26)20-12-15(3)23(24)16(4)13-20/h8-14,18H,6-7H2,1-5H3. The van der Waals surface area contributed by atoms with Gasteiger partial charge >= 0.3 is 0 Å². The summed E-state index contributed by atoms with van der Waals surface area (Å²) in [5, 5.41) is 5.52. The molecule has 0 radical (unpaired) electrons. The molecular weight excluding hydrogens is 340 g/mol. The highest BCUT2D eigenvalue weighted by Crippen LogP contribution is 2.34. The van der Waals surface area contributed by atoms with E-state index in [4.69, 9.17) is 11.6 Å². The van der Waals surface area contributed by atoms with Crippen LogP contribution in [-0.4, -0.2) is 9.78 Å². The van der Waals surface area contributed by atoms with Crippen molar-refractivity contribution in [2.45, 2.75) is 53.4 Å². The second-order valence-electron chi connectivity index (χ2n) is 7.11. The minimum atomic E-state index is 0.539. The van der Waals surface area contributed by atoms with Crippen LogP contribution in [0.15, 0.2) is 42.6 Å². The van der Waals surface area contributed by atoms with Gasteiger partial charge in [-0.25, -0.2) is 4.68 Å². The lowest BCUT2D eigenvalue weighted by Crippen LogP contribution is -2.05. The zero-order valence-electron chi connectivity index (χ0n) is 16.3. The zero-order valence-corrected chi connectivity index (χ0v) is 17.1. The van der Waals surface area contributed by atoms with Gasteiger partial charge in [-0.3, -0.25) is 0 Å². The summed E-state index contributed by atoms with van der Waals surface area (Å²) >= 11 is 6.36. The third-order valence-electron chi connectivity index (χ3n) is 5.19. The fourth-order valence-electron chi connectivity index (χ4n) is 3.66. The van der Waals surface area contributed by atoms with Gasteiger partial charge in [0.2, 0.25) is 0 Å². The maximum atomic E-state index is 6.36. The van der Waals surface area contributed by atoms with E-state index in [-0.39, 0.29) is 0 Å². The summed E-state index contributed by atoms with van der Waals surface area (Å²) in [5.74, 6) is 0.539. The van der Waals surface area contributed by atoms with E-state index in [1.807, 2.05) is 11.6 Å². The van der Waals surface area contributed by atoms with Gasteiger partial charge in [0, 0.05) is 11.2 Å². The summed E-state index contributed by atoms with van der Waals surface area (Å²) in [4.78, 5) is 0. The van der Waals surface area contributed by atoms with Crippen LogP contribution in [0.2, 0.25) is 5.02 Å². The molecule has 26 heavy (non-hydrogen) atoms. The first-order valence-electron chi connectivity index (χ1n) is 9.38. The topological polar surface area (TPSA) is 17.8 Å². The van der Waals surface area contributed by atoms with Gasteiger partial charge in [-0.05, 0) is 91.6 Å². The van der Waals surface area contributed by atoms with Crippen LogP contribution >= 0.6 is 11.6 Å². The molecule has 2 aromatic carbocycles. The monoisotopic (exact) mass is 366 g/mol. The number of hydrogen-bond acceptors (Lipinski definition) is 1. The second-order valence-corrected chi connectivity index (χ2v) is 7.49. The lowest BCUT2D eigenvalue weighted by atomic mass is 9.90. The van der Waals surface area contributed by atoms with Gasteiger partial charge in [-0.15, -0.1) is 0 Å². The Bertz CT molecular complexity index is 897. The van der Waals surface area contributed by atoms with E-state index in [9.17, 15) is 0 Å². The average Bonchev–Trinajstić information content (AvgIpc) is 3.07. The van der Waals surface area contributed by atoms with Crippen molar-refractivity contribution in [2.75, 3.05) is 0 Å². The predicted octanol–water partition coefficient (Wildman–Crippen LogP) is 7.02. The number of rotatable bonds is 5. The molecule has 2 nitrogen and oxygen atoms in total. The lowest BCUT2D eigenvalue weighted by Gasteiger charge is -2.19. The molecule has 0 saturated carbocycles. The Labute approximate surface area is 161 Å². The van der Waals surface area contributed by atoms with E-state index in [0.29, 0.717) is 5.92 Å². The molecule has 0 bridgehead atoms. The minimum absolute atomic E-state index is 0.539. The predicted molar refractivity (Wildman–Crippen MR) is 112 cm³/mol. The number of benzene rings is 2. The third-order valence-corrected chi connectivity index (χ3v) is 5.79. The molecule has 0 fully saturated rings. The molecule has 1 heterocycles. The van der Waals surface area contributed by atoms with E-state index in [1.54, 1.807) is 0 Å². The molecule has 0 aliphatic rings. The maximum Gasteiger partial charge on any atom is 0.0686 e. The van der Waals surface area contributed by atoms with E-state index < -0.39 is 0 Å². The molecule has 0 atom stereocenters. The Morgan fingerprint density at radius 3 is 2.12 bits per heavy atom. The molecule has 0 N–H and O–H groups in total. The molecule has 136 valence electrons. The largest absolute Gasteiger partial charge is 0.240 e. The first-order valence-corrected chi connectivity index (χ1v) is 9.76. The highest BCUT2D eigenvalue weighted by Gasteiger charge is 2.16. The summed E-state index contributed by atoms with van der Waals surface area (Å²) in [6, 6.07) is 13.2. The van der Waals surface area contributed by atoms with E-state index in [2.05, 4.69) is 75.4 Å². The van der Waals surface area contributed by atoms with Crippen molar-refractivity contribution in [2.24, 2.45) is 0 Å². The summed E-state index contributed by atoms with van der Waals surface area (Å²) in [6.45, 7) is 10.7. The molecule has 0 aliphatic carbocycles. The fraction of sp³-hybridized carbons (Fsp3) is 0.348. The minimum Gasteiger partial charge on any atom is -0.240 e.